The highest BCUT2D eigenvalue weighted by Gasteiger charge is 2.39. The Kier molecular flexibility index (Phi) is 5.82. The maximum atomic E-state index is 12.8. The van der Waals surface area contributed by atoms with Gasteiger partial charge >= 0.3 is 5.97 Å². The van der Waals surface area contributed by atoms with E-state index in [0.717, 1.165) is 42.6 Å². The van der Waals surface area contributed by atoms with Crippen LogP contribution in [0, 0.1) is 0 Å². The van der Waals surface area contributed by atoms with Crippen LogP contribution in [0.3, 0.4) is 0 Å². The van der Waals surface area contributed by atoms with Crippen LogP contribution in [0.25, 0.3) is 0 Å². The van der Waals surface area contributed by atoms with Crippen LogP contribution in [-0.2, 0) is 14.3 Å². The Morgan fingerprint density at radius 3 is 2.88 bits per heavy atom. The van der Waals surface area contributed by atoms with E-state index in [2.05, 4.69) is 5.32 Å². The van der Waals surface area contributed by atoms with Gasteiger partial charge in [0.1, 0.15) is 0 Å². The zero-order valence-corrected chi connectivity index (χ0v) is 16.0. The molecule has 0 bridgehead atoms. The number of unbranched alkanes of at least 4 members (excludes halogenated alkanes) is 1. The number of hydrogen-bond acceptors (Lipinski definition) is 4. The summed E-state index contributed by atoms with van der Waals surface area (Å²) >= 11 is 6.19. The van der Waals surface area contributed by atoms with E-state index in [-0.39, 0.29) is 11.8 Å². The average Bonchev–Trinajstić information content (AvgIpc) is 2.61. The van der Waals surface area contributed by atoms with E-state index in [0.29, 0.717) is 29.2 Å². The Balaban J connectivity index is 2.06. The molecule has 0 amide bonds. The van der Waals surface area contributed by atoms with Crippen LogP contribution in [0.15, 0.2) is 46.8 Å². The molecule has 26 heavy (non-hydrogen) atoms. The first-order chi connectivity index (χ1) is 12.5. The van der Waals surface area contributed by atoms with Crippen LogP contribution in [0.4, 0.5) is 0 Å². The normalized spacial score (nSPS) is 20.0. The van der Waals surface area contributed by atoms with Gasteiger partial charge in [0.25, 0.3) is 0 Å². The summed E-state index contributed by atoms with van der Waals surface area (Å²) in [4.78, 5) is 25.6. The van der Waals surface area contributed by atoms with Crippen LogP contribution < -0.4 is 5.32 Å². The molecule has 2 aliphatic rings. The monoisotopic (exact) mass is 373 g/mol. The summed E-state index contributed by atoms with van der Waals surface area (Å²) in [5.41, 5.74) is 3.73. The molecule has 0 spiro atoms. The summed E-state index contributed by atoms with van der Waals surface area (Å²) in [5.74, 6) is -0.694. The molecule has 1 aliphatic carbocycles. The number of benzene rings is 1. The zero-order chi connectivity index (χ0) is 18.7. The van der Waals surface area contributed by atoms with Crippen molar-refractivity contribution in [1.29, 1.82) is 0 Å². The maximum absolute atomic E-state index is 12.8. The summed E-state index contributed by atoms with van der Waals surface area (Å²) in [5, 5.41) is 3.87. The van der Waals surface area contributed by atoms with Crippen LogP contribution >= 0.6 is 11.6 Å². The van der Waals surface area contributed by atoms with Crippen molar-refractivity contribution in [3.05, 3.63) is 57.4 Å². The summed E-state index contributed by atoms with van der Waals surface area (Å²) in [6, 6.07) is 7.39. The lowest BCUT2D eigenvalue weighted by molar-refractivity contribution is -0.139. The van der Waals surface area contributed by atoms with Gasteiger partial charge in [-0.3, -0.25) is 4.79 Å². The fraction of sp³-hybridized carbons (Fsp3) is 0.429. The molecule has 0 saturated heterocycles. The molecule has 1 aromatic carbocycles. The van der Waals surface area contributed by atoms with Gasteiger partial charge in [-0.25, -0.2) is 4.79 Å². The second-order valence-electron chi connectivity index (χ2n) is 6.81. The first-order valence-corrected chi connectivity index (χ1v) is 9.57. The molecule has 5 heteroatoms. The SMILES string of the molecule is CCCCOC(=O)C1=C(C)NC2=C(C(=O)CCC2)[C@H]1c1cccc(Cl)c1. The first kappa shape index (κ1) is 18.7. The largest absolute Gasteiger partial charge is 0.462 e. The molecular weight excluding hydrogens is 350 g/mol. The number of allylic oxidation sites excluding steroid dienone is 3. The Morgan fingerprint density at radius 2 is 2.15 bits per heavy atom. The molecule has 1 heterocycles. The van der Waals surface area contributed by atoms with Gasteiger partial charge in [-0.15, -0.1) is 0 Å². The van der Waals surface area contributed by atoms with E-state index in [1.807, 2.05) is 32.0 Å². The molecule has 0 aromatic heterocycles. The lowest BCUT2D eigenvalue weighted by atomic mass is 9.75. The predicted octanol–water partition coefficient (Wildman–Crippen LogP) is 4.65. The van der Waals surface area contributed by atoms with Gasteiger partial charge in [0, 0.05) is 34.3 Å². The average molecular weight is 374 g/mol. The number of ketones is 1. The number of rotatable bonds is 5. The van der Waals surface area contributed by atoms with Crippen molar-refractivity contribution in [2.75, 3.05) is 6.61 Å². The lowest BCUT2D eigenvalue weighted by Crippen LogP contribution is -2.34. The highest BCUT2D eigenvalue weighted by molar-refractivity contribution is 6.30. The molecule has 1 aromatic rings. The second kappa shape index (κ2) is 8.09. The van der Waals surface area contributed by atoms with E-state index >= 15 is 0 Å². The summed E-state index contributed by atoms with van der Waals surface area (Å²) in [7, 11) is 0. The Bertz CT molecular complexity index is 794. The molecule has 0 unspecified atom stereocenters. The maximum Gasteiger partial charge on any atom is 0.336 e. The quantitative estimate of drug-likeness (QED) is 0.602. The third kappa shape index (κ3) is 3.70. The van der Waals surface area contributed by atoms with E-state index in [9.17, 15) is 9.59 Å². The zero-order valence-electron chi connectivity index (χ0n) is 15.2. The molecule has 0 fully saturated rings. The van der Waals surface area contributed by atoms with E-state index in [1.54, 1.807) is 6.07 Å². The number of nitrogens with one attached hydrogen (secondary N) is 1. The number of ether oxygens (including phenoxy) is 1. The number of Topliss-reactive ketones (excluding diaryl/α,β-unsaturated/α-hetero) is 1. The Morgan fingerprint density at radius 1 is 1.35 bits per heavy atom. The Labute approximate surface area is 159 Å². The standard InChI is InChI=1S/C21H24ClNO3/c1-3-4-11-26-21(25)18-13(2)23-16-9-6-10-17(24)20(16)19(18)14-7-5-8-15(22)12-14/h5,7-8,12,19,23H,3-4,6,9-11H2,1-2H3/t19-/m0/s1. The van der Waals surface area contributed by atoms with Crippen molar-refractivity contribution < 1.29 is 14.3 Å². The summed E-state index contributed by atoms with van der Waals surface area (Å²) < 4.78 is 5.49. The molecule has 138 valence electrons. The smallest absolute Gasteiger partial charge is 0.336 e. The molecule has 4 nitrogen and oxygen atoms in total. The fourth-order valence-electron chi connectivity index (χ4n) is 3.66. The van der Waals surface area contributed by atoms with Crippen molar-refractivity contribution in [3.63, 3.8) is 0 Å². The third-order valence-electron chi connectivity index (χ3n) is 4.91. The van der Waals surface area contributed by atoms with Crippen LogP contribution in [0.5, 0.6) is 0 Å². The summed E-state index contributed by atoms with van der Waals surface area (Å²) in [6.45, 7) is 4.30. The van der Waals surface area contributed by atoms with Crippen molar-refractivity contribution in [1.82, 2.24) is 5.32 Å². The van der Waals surface area contributed by atoms with E-state index < -0.39 is 5.92 Å². The van der Waals surface area contributed by atoms with Gasteiger partial charge in [0.05, 0.1) is 12.2 Å². The number of hydrogen-bond donors (Lipinski definition) is 1. The van der Waals surface area contributed by atoms with Crippen molar-refractivity contribution in [3.8, 4) is 0 Å². The fourth-order valence-corrected chi connectivity index (χ4v) is 3.86. The van der Waals surface area contributed by atoms with Gasteiger partial charge in [-0.2, -0.15) is 0 Å². The molecule has 0 saturated carbocycles. The van der Waals surface area contributed by atoms with Crippen molar-refractivity contribution in [2.45, 2.75) is 51.9 Å². The lowest BCUT2D eigenvalue weighted by Gasteiger charge is -2.34. The molecule has 1 atom stereocenters. The number of carbonyl (C=O) groups is 2. The number of dihydropyridines is 1. The highest BCUT2D eigenvalue weighted by Crippen LogP contribution is 2.42. The first-order valence-electron chi connectivity index (χ1n) is 9.19. The van der Waals surface area contributed by atoms with Gasteiger partial charge in [0.15, 0.2) is 5.78 Å². The van der Waals surface area contributed by atoms with Crippen LogP contribution in [0.2, 0.25) is 5.02 Å². The molecular formula is C21H24ClNO3. The van der Waals surface area contributed by atoms with E-state index in [1.165, 1.54) is 0 Å². The summed E-state index contributed by atoms with van der Waals surface area (Å²) in [6.07, 6.45) is 3.92. The van der Waals surface area contributed by atoms with Gasteiger partial charge < -0.3 is 10.1 Å². The number of esters is 1. The van der Waals surface area contributed by atoms with Gasteiger partial charge in [-0.05, 0) is 43.9 Å². The minimum atomic E-state index is -0.424. The molecule has 3 rings (SSSR count). The molecule has 1 N–H and O–H groups in total. The number of halogens is 1. The van der Waals surface area contributed by atoms with Crippen molar-refractivity contribution in [2.24, 2.45) is 0 Å². The van der Waals surface area contributed by atoms with E-state index in [4.69, 9.17) is 16.3 Å². The molecule has 0 radical (unpaired) electrons. The number of carbonyl (C=O) groups excluding carboxylic acids is 2. The van der Waals surface area contributed by atoms with Gasteiger partial charge in [-0.1, -0.05) is 37.1 Å². The third-order valence-corrected chi connectivity index (χ3v) is 5.14. The van der Waals surface area contributed by atoms with Crippen LogP contribution in [-0.4, -0.2) is 18.4 Å². The van der Waals surface area contributed by atoms with Gasteiger partial charge in [0.2, 0.25) is 0 Å². The predicted molar refractivity (Wildman–Crippen MR) is 102 cm³/mol. The minimum absolute atomic E-state index is 0.0927. The van der Waals surface area contributed by atoms with Crippen molar-refractivity contribution >= 4 is 23.4 Å². The highest BCUT2D eigenvalue weighted by atomic mass is 35.5. The van der Waals surface area contributed by atoms with Crippen LogP contribution in [0.1, 0.15) is 57.4 Å². The minimum Gasteiger partial charge on any atom is -0.462 e. The molecule has 1 aliphatic heterocycles. The Hall–Kier alpha value is -2.07. The second-order valence-corrected chi connectivity index (χ2v) is 7.25. The topological polar surface area (TPSA) is 55.4 Å².